The Labute approximate surface area is 141 Å². The first-order valence-corrected chi connectivity index (χ1v) is 8.36. The van der Waals surface area contributed by atoms with Gasteiger partial charge in [0, 0.05) is 11.5 Å². The SMILES string of the molecule is CCCNC(c1ccc(Br)c(Cl)c1)c1c(Br)cnn1C. The molecule has 1 aromatic carbocycles. The Hall–Kier alpha value is -0.360. The van der Waals surface area contributed by atoms with Gasteiger partial charge in [-0.3, -0.25) is 4.68 Å². The highest BCUT2D eigenvalue weighted by atomic mass is 79.9. The third kappa shape index (κ3) is 3.45. The van der Waals surface area contributed by atoms with Gasteiger partial charge in [0.25, 0.3) is 0 Å². The Morgan fingerprint density at radius 2 is 2.10 bits per heavy atom. The predicted molar refractivity (Wildman–Crippen MR) is 90.2 cm³/mol. The fraction of sp³-hybridized carbons (Fsp3) is 0.357. The van der Waals surface area contributed by atoms with Crippen LogP contribution in [0.2, 0.25) is 5.02 Å². The molecule has 3 nitrogen and oxygen atoms in total. The standard InChI is InChI=1S/C14H16Br2ClN3/c1-3-6-18-13(14-11(16)8-19-20(14)2)9-4-5-10(15)12(17)7-9/h4-5,7-8,13,18H,3,6H2,1-2H3. The molecule has 1 unspecified atom stereocenters. The zero-order chi connectivity index (χ0) is 14.7. The van der Waals surface area contributed by atoms with Gasteiger partial charge < -0.3 is 5.32 Å². The predicted octanol–water partition coefficient (Wildman–Crippen LogP) is 4.69. The van der Waals surface area contributed by atoms with Crippen LogP contribution in [0, 0.1) is 0 Å². The van der Waals surface area contributed by atoms with Crippen molar-refractivity contribution in [2.45, 2.75) is 19.4 Å². The monoisotopic (exact) mass is 419 g/mol. The molecule has 1 N–H and O–H groups in total. The number of benzene rings is 1. The minimum atomic E-state index is 0.0578. The summed E-state index contributed by atoms with van der Waals surface area (Å²) in [5.74, 6) is 0. The highest BCUT2D eigenvalue weighted by molar-refractivity contribution is 9.10. The van der Waals surface area contributed by atoms with Gasteiger partial charge >= 0.3 is 0 Å². The molecule has 2 rings (SSSR count). The molecule has 0 spiro atoms. The lowest BCUT2D eigenvalue weighted by Crippen LogP contribution is -2.25. The van der Waals surface area contributed by atoms with Crippen molar-refractivity contribution in [1.29, 1.82) is 0 Å². The van der Waals surface area contributed by atoms with Gasteiger partial charge in [0.05, 0.1) is 27.4 Å². The lowest BCUT2D eigenvalue weighted by Gasteiger charge is -2.20. The lowest BCUT2D eigenvalue weighted by atomic mass is 10.0. The van der Waals surface area contributed by atoms with Crippen LogP contribution in [0.5, 0.6) is 0 Å². The maximum absolute atomic E-state index is 6.22. The normalized spacial score (nSPS) is 12.7. The van der Waals surface area contributed by atoms with Crippen molar-refractivity contribution in [3.63, 3.8) is 0 Å². The topological polar surface area (TPSA) is 29.9 Å². The molecule has 0 radical (unpaired) electrons. The van der Waals surface area contributed by atoms with E-state index in [0.717, 1.165) is 33.2 Å². The zero-order valence-corrected chi connectivity index (χ0v) is 15.3. The first-order chi connectivity index (χ1) is 9.54. The number of rotatable bonds is 5. The molecule has 108 valence electrons. The number of nitrogens with one attached hydrogen (secondary N) is 1. The van der Waals surface area contributed by atoms with E-state index in [1.54, 1.807) is 0 Å². The summed E-state index contributed by atoms with van der Waals surface area (Å²) >= 11 is 13.2. The Balaban J connectivity index is 2.44. The molecule has 0 aliphatic rings. The summed E-state index contributed by atoms with van der Waals surface area (Å²) < 4.78 is 3.78. The van der Waals surface area contributed by atoms with Gasteiger partial charge in [0.1, 0.15) is 0 Å². The maximum Gasteiger partial charge on any atom is 0.0760 e. The van der Waals surface area contributed by atoms with E-state index in [0.29, 0.717) is 5.02 Å². The summed E-state index contributed by atoms with van der Waals surface area (Å²) in [7, 11) is 1.95. The molecule has 0 saturated carbocycles. The van der Waals surface area contributed by atoms with Crippen LogP contribution in [0.3, 0.4) is 0 Å². The number of hydrogen-bond donors (Lipinski definition) is 1. The quantitative estimate of drug-likeness (QED) is 0.759. The first kappa shape index (κ1) is 16.0. The van der Waals surface area contributed by atoms with Gasteiger partial charge in [-0.1, -0.05) is 24.6 Å². The second-order valence-corrected chi connectivity index (χ2v) is 6.68. The van der Waals surface area contributed by atoms with E-state index in [4.69, 9.17) is 11.6 Å². The molecule has 1 atom stereocenters. The summed E-state index contributed by atoms with van der Waals surface area (Å²) in [6.45, 7) is 3.08. The van der Waals surface area contributed by atoms with Crippen LogP contribution in [0.15, 0.2) is 33.3 Å². The van der Waals surface area contributed by atoms with E-state index < -0.39 is 0 Å². The van der Waals surface area contributed by atoms with Crippen molar-refractivity contribution in [1.82, 2.24) is 15.1 Å². The first-order valence-electron chi connectivity index (χ1n) is 6.40. The minimum Gasteiger partial charge on any atom is -0.305 e. The molecule has 20 heavy (non-hydrogen) atoms. The van der Waals surface area contributed by atoms with E-state index >= 15 is 0 Å². The van der Waals surface area contributed by atoms with E-state index in [2.05, 4.69) is 55.3 Å². The molecule has 0 aliphatic heterocycles. The van der Waals surface area contributed by atoms with Crippen molar-refractivity contribution in [2.75, 3.05) is 6.54 Å². The molecule has 0 amide bonds. The van der Waals surface area contributed by atoms with Gasteiger partial charge in [-0.05, 0) is 62.5 Å². The number of nitrogens with zero attached hydrogens (tertiary/aromatic N) is 2. The second-order valence-electron chi connectivity index (χ2n) is 4.56. The van der Waals surface area contributed by atoms with Crippen molar-refractivity contribution in [2.24, 2.45) is 7.05 Å². The fourth-order valence-electron chi connectivity index (χ4n) is 2.10. The van der Waals surface area contributed by atoms with Gasteiger partial charge in [-0.15, -0.1) is 0 Å². The third-order valence-corrected chi connectivity index (χ3v) is 4.93. The number of halogens is 3. The van der Waals surface area contributed by atoms with Crippen LogP contribution >= 0.6 is 43.5 Å². The van der Waals surface area contributed by atoms with Crippen LogP contribution in [-0.2, 0) is 7.05 Å². The van der Waals surface area contributed by atoms with E-state index in [1.165, 1.54) is 0 Å². The van der Waals surface area contributed by atoms with E-state index in [9.17, 15) is 0 Å². The summed E-state index contributed by atoms with van der Waals surface area (Å²) in [5.41, 5.74) is 2.22. The summed E-state index contributed by atoms with van der Waals surface area (Å²) in [4.78, 5) is 0. The number of aromatic nitrogens is 2. The Morgan fingerprint density at radius 1 is 1.35 bits per heavy atom. The Morgan fingerprint density at radius 3 is 2.65 bits per heavy atom. The van der Waals surface area contributed by atoms with Crippen LogP contribution in [0.25, 0.3) is 0 Å². The van der Waals surface area contributed by atoms with Gasteiger partial charge in [-0.25, -0.2) is 0 Å². The smallest absolute Gasteiger partial charge is 0.0760 e. The molecule has 0 bridgehead atoms. The molecule has 6 heteroatoms. The zero-order valence-electron chi connectivity index (χ0n) is 11.3. The molecular weight excluding hydrogens is 405 g/mol. The highest BCUT2D eigenvalue weighted by Gasteiger charge is 2.20. The molecule has 0 saturated heterocycles. The van der Waals surface area contributed by atoms with Crippen LogP contribution in [0.4, 0.5) is 0 Å². The highest BCUT2D eigenvalue weighted by Crippen LogP contribution is 2.32. The number of hydrogen-bond acceptors (Lipinski definition) is 2. The molecule has 2 aromatic rings. The summed E-state index contributed by atoms with van der Waals surface area (Å²) in [6, 6.07) is 6.09. The lowest BCUT2D eigenvalue weighted by molar-refractivity contribution is 0.552. The Bertz CT molecular complexity index is 579. The van der Waals surface area contributed by atoms with Crippen molar-refractivity contribution in [3.05, 3.63) is 49.6 Å². The Kier molecular flexibility index (Phi) is 5.66. The van der Waals surface area contributed by atoms with Gasteiger partial charge in [0.15, 0.2) is 0 Å². The molecular formula is C14H16Br2ClN3. The minimum absolute atomic E-state index is 0.0578. The van der Waals surface area contributed by atoms with E-state index in [1.807, 2.05) is 30.1 Å². The average molecular weight is 422 g/mol. The fourth-order valence-corrected chi connectivity index (χ4v) is 3.11. The van der Waals surface area contributed by atoms with Crippen molar-refractivity contribution >= 4 is 43.5 Å². The number of aryl methyl sites for hydroxylation is 1. The summed E-state index contributed by atoms with van der Waals surface area (Å²) in [6.07, 6.45) is 2.88. The summed E-state index contributed by atoms with van der Waals surface area (Å²) in [5, 5.41) is 8.56. The van der Waals surface area contributed by atoms with Crippen LogP contribution in [0.1, 0.15) is 30.6 Å². The van der Waals surface area contributed by atoms with Gasteiger partial charge in [-0.2, -0.15) is 5.10 Å². The van der Waals surface area contributed by atoms with Crippen molar-refractivity contribution < 1.29 is 0 Å². The van der Waals surface area contributed by atoms with E-state index in [-0.39, 0.29) is 6.04 Å². The second kappa shape index (κ2) is 7.07. The van der Waals surface area contributed by atoms with Crippen molar-refractivity contribution in [3.8, 4) is 0 Å². The third-order valence-electron chi connectivity index (χ3n) is 3.09. The molecule has 0 aliphatic carbocycles. The average Bonchev–Trinajstić information content (AvgIpc) is 2.75. The molecule has 1 aromatic heterocycles. The largest absolute Gasteiger partial charge is 0.305 e. The van der Waals surface area contributed by atoms with Gasteiger partial charge in [0.2, 0.25) is 0 Å². The molecule has 1 heterocycles. The van der Waals surface area contributed by atoms with Crippen LogP contribution < -0.4 is 5.32 Å². The maximum atomic E-state index is 6.22. The molecule has 0 fully saturated rings. The van der Waals surface area contributed by atoms with Crippen LogP contribution in [-0.4, -0.2) is 16.3 Å².